The smallest absolute Gasteiger partial charge is 0.257 e. The van der Waals surface area contributed by atoms with Crippen LogP contribution in [0.4, 0.5) is 14.5 Å². The third kappa shape index (κ3) is 4.56. The Bertz CT molecular complexity index is 752. The fourth-order valence-corrected chi connectivity index (χ4v) is 2.79. The van der Waals surface area contributed by atoms with E-state index in [0.29, 0.717) is 5.56 Å². The van der Waals surface area contributed by atoms with Crippen LogP contribution in [0.25, 0.3) is 0 Å². The van der Waals surface area contributed by atoms with Crippen LogP contribution in [0.3, 0.4) is 0 Å². The van der Waals surface area contributed by atoms with Crippen molar-refractivity contribution < 1.29 is 13.6 Å². The summed E-state index contributed by atoms with van der Waals surface area (Å²) in [5.41, 5.74) is 2.30. The number of carbonyl (C=O) groups excluding carboxylic acids is 1. The van der Waals surface area contributed by atoms with Gasteiger partial charge in [-0.2, -0.15) is 0 Å². The van der Waals surface area contributed by atoms with Gasteiger partial charge in [-0.25, -0.2) is 8.78 Å². The molecular formula is C16H13BrF2N2OS. The van der Waals surface area contributed by atoms with Gasteiger partial charge in [0.05, 0.1) is 5.69 Å². The van der Waals surface area contributed by atoms with Crippen molar-refractivity contribution in [3.05, 3.63) is 63.1 Å². The summed E-state index contributed by atoms with van der Waals surface area (Å²) in [4.78, 5) is 12.2. The van der Waals surface area contributed by atoms with Crippen LogP contribution in [-0.2, 0) is 0 Å². The minimum absolute atomic E-state index is 0.0443. The molecule has 3 nitrogen and oxygen atoms in total. The van der Waals surface area contributed by atoms with Crippen LogP contribution in [0, 0.1) is 25.5 Å². The van der Waals surface area contributed by atoms with Crippen LogP contribution < -0.4 is 10.6 Å². The Morgan fingerprint density at radius 3 is 2.26 bits per heavy atom. The maximum absolute atomic E-state index is 13.7. The van der Waals surface area contributed by atoms with Gasteiger partial charge in [0.15, 0.2) is 10.9 Å². The normalized spacial score (nSPS) is 10.3. The second kappa shape index (κ2) is 7.14. The van der Waals surface area contributed by atoms with Crippen molar-refractivity contribution in [3.8, 4) is 0 Å². The van der Waals surface area contributed by atoms with Crippen LogP contribution in [0.5, 0.6) is 0 Å². The fourth-order valence-electron chi connectivity index (χ4n) is 2.09. The average molecular weight is 399 g/mol. The molecule has 2 aromatic carbocycles. The summed E-state index contributed by atoms with van der Waals surface area (Å²) in [6, 6.07) is 7.21. The Morgan fingerprint density at radius 1 is 1.09 bits per heavy atom. The molecule has 2 rings (SSSR count). The minimum atomic E-state index is -0.820. The van der Waals surface area contributed by atoms with Crippen LogP contribution >= 0.6 is 28.1 Å². The van der Waals surface area contributed by atoms with Gasteiger partial charge in [0.1, 0.15) is 5.82 Å². The summed E-state index contributed by atoms with van der Waals surface area (Å²) in [6.07, 6.45) is 0. The highest BCUT2D eigenvalue weighted by Crippen LogP contribution is 2.26. The number of nitrogens with one attached hydrogen (secondary N) is 2. The van der Waals surface area contributed by atoms with E-state index in [-0.39, 0.29) is 15.3 Å². The van der Waals surface area contributed by atoms with Gasteiger partial charge in [-0.15, -0.1) is 0 Å². The van der Waals surface area contributed by atoms with Crippen LogP contribution in [0.15, 0.2) is 34.8 Å². The molecule has 0 heterocycles. The van der Waals surface area contributed by atoms with Gasteiger partial charge in [0.2, 0.25) is 0 Å². The molecule has 0 atom stereocenters. The van der Waals surface area contributed by atoms with E-state index in [0.717, 1.165) is 23.3 Å². The number of halogens is 3. The van der Waals surface area contributed by atoms with E-state index in [1.807, 2.05) is 19.9 Å². The number of thiocarbonyl (C=S) groups is 1. The van der Waals surface area contributed by atoms with Crippen molar-refractivity contribution in [3.63, 3.8) is 0 Å². The van der Waals surface area contributed by atoms with Crippen molar-refractivity contribution in [1.29, 1.82) is 0 Å². The number of aryl methyl sites for hydroxylation is 2. The van der Waals surface area contributed by atoms with Gasteiger partial charge in [-0.3, -0.25) is 10.1 Å². The second-order valence-electron chi connectivity index (χ2n) is 5.03. The molecule has 0 saturated carbocycles. The van der Waals surface area contributed by atoms with Gasteiger partial charge in [0.25, 0.3) is 5.91 Å². The van der Waals surface area contributed by atoms with Crippen LogP contribution in [0.2, 0.25) is 0 Å². The summed E-state index contributed by atoms with van der Waals surface area (Å²) in [5, 5.41) is 4.93. The Hall–Kier alpha value is -1.86. The Morgan fingerprint density at radius 2 is 1.70 bits per heavy atom. The predicted molar refractivity (Wildman–Crippen MR) is 93.7 cm³/mol. The van der Waals surface area contributed by atoms with Gasteiger partial charge in [-0.05, 0) is 60.2 Å². The molecule has 23 heavy (non-hydrogen) atoms. The average Bonchev–Trinajstić information content (AvgIpc) is 2.41. The molecular weight excluding hydrogens is 386 g/mol. The summed E-state index contributed by atoms with van der Waals surface area (Å²) in [6.45, 7) is 3.76. The number of anilines is 1. The number of hydrogen-bond acceptors (Lipinski definition) is 2. The first-order valence-electron chi connectivity index (χ1n) is 6.61. The van der Waals surface area contributed by atoms with Gasteiger partial charge < -0.3 is 5.32 Å². The van der Waals surface area contributed by atoms with Gasteiger partial charge >= 0.3 is 0 Å². The topological polar surface area (TPSA) is 41.1 Å². The molecule has 0 aliphatic carbocycles. The summed E-state index contributed by atoms with van der Waals surface area (Å²) >= 11 is 8.05. The van der Waals surface area contributed by atoms with E-state index >= 15 is 0 Å². The number of benzene rings is 2. The number of amides is 1. The Balaban J connectivity index is 2.12. The van der Waals surface area contributed by atoms with E-state index in [1.54, 1.807) is 12.1 Å². The lowest BCUT2D eigenvalue weighted by Crippen LogP contribution is -2.34. The van der Waals surface area contributed by atoms with Crippen molar-refractivity contribution in [2.75, 3.05) is 5.32 Å². The molecule has 0 aliphatic rings. The van der Waals surface area contributed by atoms with Gasteiger partial charge in [-0.1, -0.05) is 17.2 Å². The van der Waals surface area contributed by atoms with Crippen LogP contribution in [-0.4, -0.2) is 11.0 Å². The number of carbonyl (C=O) groups is 1. The minimum Gasteiger partial charge on any atom is -0.329 e. The number of hydrogen-bond donors (Lipinski definition) is 2. The third-order valence-electron chi connectivity index (χ3n) is 2.96. The lowest BCUT2D eigenvalue weighted by atomic mass is 10.1. The molecule has 0 fully saturated rings. The van der Waals surface area contributed by atoms with Crippen molar-refractivity contribution in [2.45, 2.75) is 13.8 Å². The zero-order valence-electron chi connectivity index (χ0n) is 12.3. The standard InChI is InChI=1S/C16H13BrF2N2OS/c1-8-3-9(2)5-10(4-8)15(22)21-16(23)20-14-12(17)6-11(18)7-13(14)19/h3-7H,1-2H3,(H2,20,21,22,23). The lowest BCUT2D eigenvalue weighted by molar-refractivity contribution is 0.0977. The first-order valence-corrected chi connectivity index (χ1v) is 7.81. The van der Waals surface area contributed by atoms with E-state index in [2.05, 4.69) is 26.6 Å². The molecule has 1 amide bonds. The second-order valence-corrected chi connectivity index (χ2v) is 6.29. The van der Waals surface area contributed by atoms with Crippen molar-refractivity contribution in [2.24, 2.45) is 0 Å². The van der Waals surface area contributed by atoms with E-state index in [4.69, 9.17) is 12.2 Å². The lowest BCUT2D eigenvalue weighted by Gasteiger charge is -2.12. The van der Waals surface area contributed by atoms with Crippen LogP contribution in [0.1, 0.15) is 21.5 Å². The summed E-state index contributed by atoms with van der Waals surface area (Å²) in [5.74, 6) is -1.95. The molecule has 0 bridgehead atoms. The molecule has 0 spiro atoms. The zero-order chi connectivity index (χ0) is 17.1. The molecule has 0 unspecified atom stereocenters. The SMILES string of the molecule is Cc1cc(C)cc(C(=O)NC(=S)Nc2c(F)cc(F)cc2Br)c1. The molecule has 0 aromatic heterocycles. The maximum Gasteiger partial charge on any atom is 0.257 e. The molecule has 0 saturated heterocycles. The molecule has 0 radical (unpaired) electrons. The van der Waals surface area contributed by atoms with Gasteiger partial charge in [0, 0.05) is 16.1 Å². The fraction of sp³-hybridized carbons (Fsp3) is 0.125. The molecule has 120 valence electrons. The Labute approximate surface area is 146 Å². The number of rotatable bonds is 2. The zero-order valence-corrected chi connectivity index (χ0v) is 14.7. The highest BCUT2D eigenvalue weighted by molar-refractivity contribution is 9.10. The quantitative estimate of drug-likeness (QED) is 0.733. The highest BCUT2D eigenvalue weighted by Gasteiger charge is 2.13. The monoisotopic (exact) mass is 398 g/mol. The molecule has 2 N–H and O–H groups in total. The summed E-state index contributed by atoms with van der Waals surface area (Å²) in [7, 11) is 0. The van der Waals surface area contributed by atoms with E-state index in [1.165, 1.54) is 0 Å². The van der Waals surface area contributed by atoms with E-state index < -0.39 is 17.5 Å². The molecule has 7 heteroatoms. The first-order chi connectivity index (χ1) is 10.8. The van der Waals surface area contributed by atoms with Crippen molar-refractivity contribution >= 4 is 44.9 Å². The highest BCUT2D eigenvalue weighted by atomic mass is 79.9. The van der Waals surface area contributed by atoms with Crippen molar-refractivity contribution in [1.82, 2.24) is 5.32 Å². The largest absolute Gasteiger partial charge is 0.329 e. The predicted octanol–water partition coefficient (Wildman–Crippen LogP) is 4.47. The maximum atomic E-state index is 13.7. The molecule has 0 aliphatic heterocycles. The molecule has 2 aromatic rings. The summed E-state index contributed by atoms with van der Waals surface area (Å²) < 4.78 is 27.0. The first kappa shape index (κ1) is 17.5. The Kier molecular flexibility index (Phi) is 5.43. The third-order valence-corrected chi connectivity index (χ3v) is 3.79. The van der Waals surface area contributed by atoms with E-state index in [9.17, 15) is 13.6 Å².